The Labute approximate surface area is 253 Å². The van der Waals surface area contributed by atoms with Crippen LogP contribution in [-0.2, 0) is 28.9 Å². The van der Waals surface area contributed by atoms with E-state index < -0.39 is 5.97 Å². The molecule has 1 aliphatic carbocycles. The first-order valence-electron chi connectivity index (χ1n) is 13.9. The van der Waals surface area contributed by atoms with Crippen LogP contribution in [0, 0.1) is 20.8 Å². The normalized spacial score (nSPS) is 12.2. The van der Waals surface area contributed by atoms with Crippen LogP contribution < -0.4 is 10.6 Å². The number of fused-ring (bicyclic) bond motifs is 1. The van der Waals surface area contributed by atoms with Gasteiger partial charge in [0, 0.05) is 10.4 Å². The molecule has 0 radical (unpaired) electrons. The maximum absolute atomic E-state index is 13.1. The minimum absolute atomic E-state index is 0.0590. The van der Waals surface area contributed by atoms with Gasteiger partial charge in [0.15, 0.2) is 11.0 Å². The summed E-state index contributed by atoms with van der Waals surface area (Å²) in [4.78, 5) is 39.8. The maximum Gasteiger partial charge on any atom is 0.341 e. The second-order valence-electron chi connectivity index (χ2n) is 10.1. The molecule has 9 nitrogen and oxygen atoms in total. The van der Waals surface area contributed by atoms with Crippen molar-refractivity contribution in [1.82, 2.24) is 20.1 Å². The Morgan fingerprint density at radius 3 is 2.67 bits per heavy atom. The first kappa shape index (κ1) is 29.5. The topological polar surface area (TPSA) is 115 Å². The minimum atomic E-state index is -0.396. The molecule has 42 heavy (non-hydrogen) atoms. The Kier molecular flexibility index (Phi) is 9.08. The van der Waals surface area contributed by atoms with Gasteiger partial charge >= 0.3 is 5.97 Å². The Hall–Kier alpha value is -3.96. The van der Waals surface area contributed by atoms with Crippen molar-refractivity contribution in [2.45, 2.75) is 58.7 Å². The van der Waals surface area contributed by atoms with Crippen LogP contribution in [0.25, 0.3) is 5.69 Å². The van der Waals surface area contributed by atoms with Gasteiger partial charge in [-0.05, 0) is 81.8 Å². The fourth-order valence-electron chi connectivity index (χ4n) is 4.98. The summed E-state index contributed by atoms with van der Waals surface area (Å²) < 4.78 is 7.17. The van der Waals surface area contributed by atoms with Crippen LogP contribution in [0.5, 0.6) is 0 Å². The van der Waals surface area contributed by atoms with E-state index in [4.69, 9.17) is 4.74 Å². The molecule has 0 atom stereocenters. The molecule has 5 rings (SSSR count). The van der Waals surface area contributed by atoms with Gasteiger partial charge in [0.25, 0.3) is 5.91 Å². The van der Waals surface area contributed by atoms with Crippen molar-refractivity contribution in [3.05, 3.63) is 86.5 Å². The molecule has 2 heterocycles. The predicted molar refractivity (Wildman–Crippen MR) is 165 cm³/mol. The summed E-state index contributed by atoms with van der Waals surface area (Å²) in [5.74, 6) is -0.249. The van der Waals surface area contributed by atoms with Gasteiger partial charge in [-0.15, -0.1) is 21.5 Å². The van der Waals surface area contributed by atoms with Crippen LogP contribution in [0.3, 0.4) is 0 Å². The zero-order chi connectivity index (χ0) is 29.8. The van der Waals surface area contributed by atoms with E-state index in [1.165, 1.54) is 23.1 Å². The third kappa shape index (κ3) is 6.27. The van der Waals surface area contributed by atoms with E-state index in [9.17, 15) is 14.4 Å². The van der Waals surface area contributed by atoms with Crippen molar-refractivity contribution in [2.24, 2.45) is 0 Å². The van der Waals surface area contributed by atoms with Gasteiger partial charge in [-0.1, -0.05) is 41.6 Å². The second kappa shape index (κ2) is 12.9. The second-order valence-corrected chi connectivity index (χ2v) is 12.2. The lowest BCUT2D eigenvalue weighted by Gasteiger charge is -2.15. The molecule has 0 saturated heterocycles. The van der Waals surface area contributed by atoms with Gasteiger partial charge in [-0.2, -0.15) is 0 Å². The number of hydrogen-bond acceptors (Lipinski definition) is 8. The van der Waals surface area contributed by atoms with E-state index in [1.807, 2.05) is 61.7 Å². The van der Waals surface area contributed by atoms with Crippen LogP contribution >= 0.6 is 23.1 Å². The number of benzene rings is 2. The van der Waals surface area contributed by atoms with E-state index in [-0.39, 0.29) is 30.7 Å². The Morgan fingerprint density at radius 2 is 1.88 bits per heavy atom. The maximum atomic E-state index is 13.1. The Morgan fingerprint density at radius 1 is 1.07 bits per heavy atom. The van der Waals surface area contributed by atoms with Gasteiger partial charge in [0.2, 0.25) is 5.91 Å². The van der Waals surface area contributed by atoms with Crippen molar-refractivity contribution in [3.8, 4) is 5.69 Å². The number of aryl methyl sites for hydroxylation is 3. The smallest absolute Gasteiger partial charge is 0.341 e. The number of aromatic nitrogens is 3. The number of nitrogens with one attached hydrogen (secondary N) is 2. The van der Waals surface area contributed by atoms with Crippen molar-refractivity contribution in [2.75, 3.05) is 17.7 Å². The first-order chi connectivity index (χ1) is 20.3. The first-order valence-corrected chi connectivity index (χ1v) is 15.7. The quantitative estimate of drug-likeness (QED) is 0.180. The third-order valence-electron chi connectivity index (χ3n) is 7.19. The van der Waals surface area contributed by atoms with Crippen molar-refractivity contribution >= 4 is 45.9 Å². The zero-order valence-corrected chi connectivity index (χ0v) is 25.7. The van der Waals surface area contributed by atoms with E-state index >= 15 is 0 Å². The van der Waals surface area contributed by atoms with E-state index in [2.05, 4.69) is 20.8 Å². The highest BCUT2D eigenvalue weighted by atomic mass is 32.2. The standard InChI is InChI=1S/C31H33N5O4S2/c1-5-40-30(39)27-22-12-8-14-24(22)42-29(27)33-26(37)17-41-31-35-34-25(36(31)23-13-7-10-19(3)20(23)4)16-32-28(38)21-11-6-9-18(2)15-21/h6-7,9-11,13,15H,5,8,12,14,16-17H2,1-4H3,(H,32,38)(H,33,37). The summed E-state index contributed by atoms with van der Waals surface area (Å²) in [6.45, 7) is 8.19. The van der Waals surface area contributed by atoms with Gasteiger partial charge in [-0.3, -0.25) is 14.2 Å². The van der Waals surface area contributed by atoms with Crippen LogP contribution in [-0.4, -0.2) is 44.9 Å². The molecule has 2 amide bonds. The molecule has 0 fully saturated rings. The molecule has 2 N–H and O–H groups in total. The van der Waals surface area contributed by atoms with Crippen LogP contribution in [0.4, 0.5) is 5.00 Å². The van der Waals surface area contributed by atoms with Crippen LogP contribution in [0.1, 0.15) is 67.0 Å². The fraction of sp³-hybridized carbons (Fsp3) is 0.323. The molecule has 0 bridgehead atoms. The Bertz CT molecular complexity index is 1660. The fourth-order valence-corrected chi connectivity index (χ4v) is 7.04. The summed E-state index contributed by atoms with van der Waals surface area (Å²) in [6, 6.07) is 13.4. The van der Waals surface area contributed by atoms with E-state index in [0.29, 0.717) is 27.1 Å². The molecule has 1 aliphatic rings. The lowest BCUT2D eigenvalue weighted by molar-refractivity contribution is -0.113. The van der Waals surface area contributed by atoms with Crippen molar-refractivity contribution < 1.29 is 19.1 Å². The highest BCUT2D eigenvalue weighted by molar-refractivity contribution is 7.99. The number of carbonyl (C=O) groups is 3. The number of esters is 1. The monoisotopic (exact) mass is 603 g/mol. The zero-order valence-electron chi connectivity index (χ0n) is 24.1. The number of rotatable bonds is 10. The average molecular weight is 604 g/mol. The lowest BCUT2D eigenvalue weighted by atomic mass is 10.1. The van der Waals surface area contributed by atoms with E-state index in [0.717, 1.165) is 52.1 Å². The number of hydrogen-bond donors (Lipinski definition) is 2. The molecule has 0 unspecified atom stereocenters. The number of nitrogens with zero attached hydrogens (tertiary/aromatic N) is 3. The average Bonchev–Trinajstić information content (AvgIpc) is 3.67. The summed E-state index contributed by atoms with van der Waals surface area (Å²) in [5, 5.41) is 15.7. The highest BCUT2D eigenvalue weighted by Gasteiger charge is 2.28. The number of ether oxygens (including phenoxy) is 1. The molecule has 11 heteroatoms. The number of thiophene rings is 1. The summed E-state index contributed by atoms with van der Waals surface area (Å²) >= 11 is 2.70. The summed E-state index contributed by atoms with van der Waals surface area (Å²) in [5.41, 5.74) is 6.07. The van der Waals surface area contributed by atoms with E-state index in [1.54, 1.807) is 13.0 Å². The summed E-state index contributed by atoms with van der Waals surface area (Å²) in [6.07, 6.45) is 2.71. The number of thioether (sulfide) groups is 1. The molecule has 2 aromatic heterocycles. The van der Waals surface area contributed by atoms with Crippen LogP contribution in [0.2, 0.25) is 0 Å². The summed E-state index contributed by atoms with van der Waals surface area (Å²) in [7, 11) is 0. The molecular weight excluding hydrogens is 571 g/mol. The Balaban J connectivity index is 1.35. The largest absolute Gasteiger partial charge is 0.462 e. The predicted octanol–water partition coefficient (Wildman–Crippen LogP) is 5.58. The molecule has 2 aromatic carbocycles. The minimum Gasteiger partial charge on any atom is -0.462 e. The SMILES string of the molecule is CCOC(=O)c1c(NC(=O)CSc2nnc(CNC(=O)c3cccc(C)c3)n2-c2cccc(C)c2C)sc2c1CCC2. The number of carbonyl (C=O) groups excluding carboxylic acids is 3. The third-order valence-corrected chi connectivity index (χ3v) is 9.33. The van der Waals surface area contributed by atoms with Crippen molar-refractivity contribution in [1.29, 1.82) is 0 Å². The molecule has 4 aromatic rings. The molecule has 0 saturated carbocycles. The van der Waals surface area contributed by atoms with Gasteiger partial charge in [0.1, 0.15) is 5.00 Å². The molecule has 218 valence electrons. The highest BCUT2D eigenvalue weighted by Crippen LogP contribution is 2.39. The molecule has 0 spiro atoms. The number of anilines is 1. The molecular formula is C31H33N5O4S2. The van der Waals surface area contributed by atoms with Gasteiger partial charge in [0.05, 0.1) is 30.2 Å². The lowest BCUT2D eigenvalue weighted by Crippen LogP contribution is -2.25. The van der Waals surface area contributed by atoms with Gasteiger partial charge < -0.3 is 15.4 Å². The van der Waals surface area contributed by atoms with Gasteiger partial charge in [-0.25, -0.2) is 4.79 Å². The van der Waals surface area contributed by atoms with Crippen molar-refractivity contribution in [3.63, 3.8) is 0 Å². The van der Waals surface area contributed by atoms with Crippen LogP contribution in [0.15, 0.2) is 47.6 Å². The number of amides is 2. The molecule has 0 aliphatic heterocycles.